The highest BCUT2D eigenvalue weighted by molar-refractivity contribution is 5.50. The monoisotopic (exact) mass is 831 g/mol. The van der Waals surface area contributed by atoms with Crippen molar-refractivity contribution in [1.29, 1.82) is 0 Å². The van der Waals surface area contributed by atoms with Crippen molar-refractivity contribution in [3.05, 3.63) is 120 Å². The third kappa shape index (κ3) is 65.9. The molecule has 0 saturated heterocycles. The van der Waals surface area contributed by atoms with E-state index < -0.39 is 0 Å². The maximum atomic E-state index is 10.2. The molecule has 0 aliphatic rings. The van der Waals surface area contributed by atoms with Crippen LogP contribution >= 0.6 is 0 Å². The summed E-state index contributed by atoms with van der Waals surface area (Å²) >= 11 is 0. The van der Waals surface area contributed by atoms with Gasteiger partial charge in [0, 0.05) is 25.7 Å². The van der Waals surface area contributed by atoms with Crippen LogP contribution in [0.15, 0.2) is 120 Å². The number of carbonyl (C=O) groups excluding carboxylic acids is 4. The summed E-state index contributed by atoms with van der Waals surface area (Å²) in [5.74, 6) is 1.30. The smallest absolute Gasteiger partial charge is 0.120 e. The number of allylic oxidation sites excluding steroid dienone is 17. The summed E-state index contributed by atoms with van der Waals surface area (Å²) in [4.78, 5) is 40.3. The van der Waals surface area contributed by atoms with Gasteiger partial charge in [-0.2, -0.15) is 0 Å². The fourth-order valence-electron chi connectivity index (χ4n) is 5.14. The first-order chi connectivity index (χ1) is 28.5. The van der Waals surface area contributed by atoms with Crippen LogP contribution in [0.4, 0.5) is 0 Å². The van der Waals surface area contributed by atoms with Gasteiger partial charge >= 0.3 is 0 Å². The maximum Gasteiger partial charge on any atom is 0.120 e. The predicted octanol–water partition coefficient (Wildman–Crippen LogP) is 17.3. The standard InChI is InChI=1S/C12H20O.C12H20.2C11H18O.C10H18O/c1-4-12(9-6-10-13)8-5-7-11(2)3;1-5-8-12(6-2)10-7-9-11(3)4;2*1-10(2)6-4-7-11(3)8-5-9-12;1-3-4-5-7-10(2)8-6-9-11/h7-8,10H,4-6,9H2,1-3H3;5-6,9,12H,1-2,7-8,10H2,3-4H3;6-7,9H,4-5,8H2,1-3H3;6,9H,3-5,7-8H2,1-2H3;3-4,9-10H,5-8H2,1-2H3/b12-8-;;11-7+;;4-3-. The zero-order valence-corrected chi connectivity index (χ0v) is 41.2. The third-order valence-electron chi connectivity index (χ3n) is 9.02. The normalized spacial score (nSPS) is 11.3. The molecule has 4 heteroatoms. The summed E-state index contributed by atoms with van der Waals surface area (Å²) in [5, 5.41) is 0. The molecule has 0 aromatic carbocycles. The topological polar surface area (TPSA) is 68.3 Å². The van der Waals surface area contributed by atoms with Gasteiger partial charge < -0.3 is 19.2 Å². The number of hydrogen-bond acceptors (Lipinski definition) is 4. The Morgan fingerprint density at radius 2 is 1.00 bits per heavy atom. The van der Waals surface area contributed by atoms with Crippen molar-refractivity contribution in [2.75, 3.05) is 0 Å². The van der Waals surface area contributed by atoms with Gasteiger partial charge in [-0.15, -0.1) is 13.2 Å². The van der Waals surface area contributed by atoms with Gasteiger partial charge in [-0.05, 0) is 171 Å². The second kappa shape index (κ2) is 53.1. The van der Waals surface area contributed by atoms with Crippen LogP contribution in [0.25, 0.3) is 0 Å². The van der Waals surface area contributed by atoms with E-state index in [1.807, 2.05) is 19.1 Å². The molecule has 0 saturated carbocycles. The predicted molar refractivity (Wildman–Crippen MR) is 270 cm³/mol. The fourth-order valence-corrected chi connectivity index (χ4v) is 5.14. The van der Waals surface area contributed by atoms with Gasteiger partial charge in [-0.25, -0.2) is 0 Å². The average Bonchev–Trinajstić information content (AvgIpc) is 3.20. The summed E-state index contributed by atoms with van der Waals surface area (Å²) in [6, 6.07) is 0. The zero-order chi connectivity index (χ0) is 46.8. The van der Waals surface area contributed by atoms with Crippen molar-refractivity contribution in [3.63, 3.8) is 0 Å². The van der Waals surface area contributed by atoms with E-state index in [1.165, 1.54) is 51.9 Å². The first-order valence-corrected chi connectivity index (χ1v) is 22.7. The SMILES string of the molecule is C/C=C\CCC(C)CCC=O.C=C(CCC=O)CCC=C(C)C.C=CCC(C=C)CCC=C(C)C.CC(C)=CC/C=C(\C)CCC=O.CC/C(=C/CC=C(C)C)CCC=O. The second-order valence-corrected chi connectivity index (χ2v) is 16.4. The number of carbonyl (C=O) groups is 4. The van der Waals surface area contributed by atoms with Gasteiger partial charge in [-0.3, -0.25) is 0 Å². The van der Waals surface area contributed by atoms with Crippen LogP contribution in [-0.2, 0) is 19.2 Å². The van der Waals surface area contributed by atoms with Crippen molar-refractivity contribution in [2.24, 2.45) is 11.8 Å². The maximum absolute atomic E-state index is 10.2. The molecule has 0 spiro atoms. The molecule has 0 amide bonds. The number of rotatable bonds is 29. The Kier molecular flexibility index (Phi) is 57.7. The van der Waals surface area contributed by atoms with Crippen molar-refractivity contribution in [3.8, 4) is 0 Å². The van der Waals surface area contributed by atoms with Crippen LogP contribution < -0.4 is 0 Å². The average molecular weight is 831 g/mol. The van der Waals surface area contributed by atoms with Gasteiger partial charge in [0.05, 0.1) is 0 Å². The molecule has 2 atom stereocenters. The van der Waals surface area contributed by atoms with Crippen LogP contribution in [0.3, 0.4) is 0 Å². The molecule has 342 valence electrons. The lowest BCUT2D eigenvalue weighted by Crippen LogP contribution is -1.93. The van der Waals surface area contributed by atoms with Gasteiger partial charge in [-0.1, -0.05) is 120 Å². The molecule has 0 bridgehead atoms. The molecular formula is C56H94O4. The molecule has 0 fully saturated rings. The molecule has 2 unspecified atom stereocenters. The molecule has 0 aliphatic heterocycles. The molecule has 0 radical (unpaired) electrons. The Balaban J connectivity index is -0.000000210. The van der Waals surface area contributed by atoms with E-state index in [-0.39, 0.29) is 0 Å². The van der Waals surface area contributed by atoms with Crippen molar-refractivity contribution < 1.29 is 19.2 Å². The van der Waals surface area contributed by atoms with Crippen molar-refractivity contribution in [2.45, 2.75) is 199 Å². The van der Waals surface area contributed by atoms with Crippen molar-refractivity contribution in [1.82, 2.24) is 0 Å². The minimum absolute atomic E-state index is 0.609. The van der Waals surface area contributed by atoms with Crippen LogP contribution in [0, 0.1) is 11.8 Å². The van der Waals surface area contributed by atoms with E-state index in [4.69, 9.17) is 0 Å². The lowest BCUT2D eigenvalue weighted by atomic mass is 9.99. The molecular weight excluding hydrogens is 737 g/mol. The Morgan fingerprint density at radius 3 is 1.47 bits per heavy atom. The van der Waals surface area contributed by atoms with Crippen LogP contribution in [0.1, 0.15) is 199 Å². The highest BCUT2D eigenvalue weighted by Gasteiger charge is 2.00. The van der Waals surface area contributed by atoms with Gasteiger partial charge in [0.15, 0.2) is 0 Å². The molecule has 60 heavy (non-hydrogen) atoms. The second-order valence-electron chi connectivity index (χ2n) is 16.4. The van der Waals surface area contributed by atoms with Gasteiger partial charge in [0.1, 0.15) is 25.1 Å². The van der Waals surface area contributed by atoms with Crippen LogP contribution in [-0.4, -0.2) is 25.1 Å². The number of aldehydes is 4. The largest absolute Gasteiger partial charge is 0.303 e. The molecule has 0 aromatic heterocycles. The Morgan fingerprint density at radius 1 is 0.533 bits per heavy atom. The first-order valence-electron chi connectivity index (χ1n) is 22.7. The van der Waals surface area contributed by atoms with E-state index >= 15 is 0 Å². The minimum Gasteiger partial charge on any atom is -0.303 e. The molecule has 0 heterocycles. The lowest BCUT2D eigenvalue weighted by Gasteiger charge is -2.06. The van der Waals surface area contributed by atoms with E-state index in [9.17, 15) is 19.2 Å². The Hall–Kier alpha value is -3.92. The summed E-state index contributed by atoms with van der Waals surface area (Å²) in [5.41, 5.74) is 9.31. The van der Waals surface area contributed by atoms with E-state index in [1.54, 1.807) is 0 Å². The highest BCUT2D eigenvalue weighted by Crippen LogP contribution is 2.15. The number of hydrogen-bond donors (Lipinski definition) is 0. The lowest BCUT2D eigenvalue weighted by molar-refractivity contribution is -0.108. The van der Waals surface area contributed by atoms with E-state index in [2.05, 4.69) is 145 Å². The van der Waals surface area contributed by atoms with Crippen molar-refractivity contribution >= 4 is 25.1 Å². The summed E-state index contributed by atoms with van der Waals surface area (Å²) in [7, 11) is 0. The summed E-state index contributed by atoms with van der Waals surface area (Å²) in [6.07, 6.45) is 42.7. The summed E-state index contributed by atoms with van der Waals surface area (Å²) in [6.45, 7) is 36.7. The van der Waals surface area contributed by atoms with E-state index in [0.29, 0.717) is 31.1 Å². The third-order valence-corrected chi connectivity index (χ3v) is 9.02. The summed E-state index contributed by atoms with van der Waals surface area (Å²) < 4.78 is 0. The first kappa shape index (κ1) is 65.2. The van der Waals surface area contributed by atoms with Gasteiger partial charge in [0.2, 0.25) is 0 Å². The molecule has 4 nitrogen and oxygen atoms in total. The minimum atomic E-state index is 0.609. The molecule has 0 aromatic rings. The van der Waals surface area contributed by atoms with Crippen LogP contribution in [0.2, 0.25) is 0 Å². The molecule has 0 rings (SSSR count). The van der Waals surface area contributed by atoms with Gasteiger partial charge in [0.25, 0.3) is 0 Å². The molecule has 0 aliphatic carbocycles. The fraction of sp³-hybridized carbons (Fsp3) is 0.571. The quantitative estimate of drug-likeness (QED) is 0.0556. The Labute approximate surface area is 373 Å². The molecule has 0 N–H and O–H groups in total. The highest BCUT2D eigenvalue weighted by atomic mass is 16.1. The Bertz CT molecular complexity index is 1290. The van der Waals surface area contributed by atoms with E-state index in [0.717, 1.165) is 109 Å². The van der Waals surface area contributed by atoms with Crippen LogP contribution in [0.5, 0.6) is 0 Å². The zero-order valence-electron chi connectivity index (χ0n) is 41.2.